The van der Waals surface area contributed by atoms with Crippen molar-refractivity contribution in [2.45, 2.75) is 12.7 Å². The highest BCUT2D eigenvalue weighted by Gasteiger charge is 2.33. The van der Waals surface area contributed by atoms with E-state index in [0.717, 1.165) is 0 Å². The lowest BCUT2D eigenvalue weighted by Gasteiger charge is -2.24. The molecule has 0 aromatic heterocycles. The number of ether oxygens (including phenoxy) is 2. The zero-order valence-electron chi connectivity index (χ0n) is 6.56. The number of halogens is 4. The Morgan fingerprint density at radius 1 is 1.14 bits per heavy atom. The summed E-state index contributed by atoms with van der Waals surface area (Å²) in [5.41, 5.74) is 0. The van der Waals surface area contributed by atoms with E-state index >= 15 is 0 Å². The number of alkyl halides is 2. The fourth-order valence-electron chi connectivity index (χ4n) is 1.02. The second-order valence-electron chi connectivity index (χ2n) is 2.56. The maximum absolute atomic E-state index is 12.8. The lowest BCUT2D eigenvalue weighted by Crippen LogP contribution is -2.33. The van der Waals surface area contributed by atoms with E-state index in [4.69, 9.17) is 0 Å². The Balaban J connectivity index is 2.46. The van der Waals surface area contributed by atoms with Gasteiger partial charge in [0.15, 0.2) is 11.6 Å². The number of benzene rings is 1. The van der Waals surface area contributed by atoms with E-state index < -0.39 is 35.8 Å². The molecule has 0 fully saturated rings. The first-order valence-electron chi connectivity index (χ1n) is 3.60. The molecule has 2 rings (SSSR count). The molecule has 1 heterocycles. The SMILES string of the molecule is Fc1[c]c(F)c2c(c1)OC(F)C(F)O2. The van der Waals surface area contributed by atoms with Crippen LogP contribution in [0.25, 0.3) is 0 Å². The topological polar surface area (TPSA) is 18.5 Å². The van der Waals surface area contributed by atoms with Gasteiger partial charge in [-0.1, -0.05) is 0 Å². The first-order valence-corrected chi connectivity index (χ1v) is 3.60. The average Bonchev–Trinajstić information content (AvgIpc) is 2.08. The molecule has 0 spiro atoms. The molecule has 0 N–H and O–H groups in total. The summed E-state index contributed by atoms with van der Waals surface area (Å²) < 4.78 is 58.9. The molecule has 6 heteroatoms. The highest BCUT2D eigenvalue weighted by Crippen LogP contribution is 2.37. The van der Waals surface area contributed by atoms with E-state index in [1.165, 1.54) is 0 Å². The Hall–Kier alpha value is -1.46. The minimum atomic E-state index is -2.42. The van der Waals surface area contributed by atoms with Gasteiger partial charge in [-0.15, -0.1) is 0 Å². The van der Waals surface area contributed by atoms with E-state index in [9.17, 15) is 17.6 Å². The van der Waals surface area contributed by atoms with Crippen molar-refractivity contribution in [1.29, 1.82) is 0 Å². The molecule has 1 aromatic carbocycles. The van der Waals surface area contributed by atoms with Gasteiger partial charge in [0, 0.05) is 6.07 Å². The third-order valence-corrected chi connectivity index (χ3v) is 1.59. The molecule has 14 heavy (non-hydrogen) atoms. The summed E-state index contributed by atoms with van der Waals surface area (Å²) in [6.45, 7) is 0. The molecule has 2 unspecified atom stereocenters. The van der Waals surface area contributed by atoms with Crippen LogP contribution in [-0.4, -0.2) is 12.7 Å². The van der Waals surface area contributed by atoms with Crippen LogP contribution in [0.3, 0.4) is 0 Å². The Morgan fingerprint density at radius 2 is 1.79 bits per heavy atom. The molecule has 1 aliphatic heterocycles. The van der Waals surface area contributed by atoms with Gasteiger partial charge in [0.25, 0.3) is 0 Å². The van der Waals surface area contributed by atoms with Crippen molar-refractivity contribution in [2.75, 3.05) is 0 Å². The maximum Gasteiger partial charge on any atom is 0.305 e. The zero-order chi connectivity index (χ0) is 10.3. The molecular formula is C8H3F4O2. The van der Waals surface area contributed by atoms with Gasteiger partial charge in [-0.3, -0.25) is 0 Å². The van der Waals surface area contributed by atoms with Crippen LogP contribution < -0.4 is 9.47 Å². The normalized spacial score (nSPS) is 24.9. The van der Waals surface area contributed by atoms with Crippen molar-refractivity contribution < 1.29 is 27.0 Å². The predicted molar refractivity (Wildman–Crippen MR) is 36.2 cm³/mol. The number of hydrogen-bond donors (Lipinski definition) is 0. The van der Waals surface area contributed by atoms with Crippen LogP contribution in [0.15, 0.2) is 6.07 Å². The van der Waals surface area contributed by atoms with E-state index in [1.54, 1.807) is 6.07 Å². The van der Waals surface area contributed by atoms with Gasteiger partial charge in [0.05, 0.1) is 6.07 Å². The minimum absolute atomic E-state index is 0.514. The van der Waals surface area contributed by atoms with E-state index in [-0.39, 0.29) is 0 Å². The van der Waals surface area contributed by atoms with Crippen LogP contribution >= 0.6 is 0 Å². The van der Waals surface area contributed by atoms with Gasteiger partial charge < -0.3 is 9.47 Å². The summed E-state index contributed by atoms with van der Waals surface area (Å²) in [4.78, 5) is 0. The fraction of sp³-hybridized carbons (Fsp3) is 0.250. The molecule has 1 aromatic rings. The zero-order valence-corrected chi connectivity index (χ0v) is 6.56. The second kappa shape index (κ2) is 3.04. The molecule has 0 saturated heterocycles. The van der Waals surface area contributed by atoms with Crippen LogP contribution in [0.2, 0.25) is 0 Å². The molecule has 0 bridgehead atoms. The monoisotopic (exact) mass is 207 g/mol. The lowest BCUT2D eigenvalue weighted by atomic mass is 10.3. The molecule has 0 amide bonds. The quantitative estimate of drug-likeness (QED) is 0.606. The molecular weight excluding hydrogens is 204 g/mol. The smallest absolute Gasteiger partial charge is 0.305 e. The van der Waals surface area contributed by atoms with Gasteiger partial charge in [-0.2, -0.15) is 8.78 Å². The predicted octanol–water partition coefficient (Wildman–Crippen LogP) is 2.13. The number of rotatable bonds is 0. The first kappa shape index (κ1) is 9.11. The summed E-state index contributed by atoms with van der Waals surface area (Å²) in [6, 6.07) is 2.27. The van der Waals surface area contributed by atoms with E-state index in [1.807, 2.05) is 0 Å². The van der Waals surface area contributed by atoms with Gasteiger partial charge in [-0.25, -0.2) is 8.78 Å². The summed E-state index contributed by atoms with van der Waals surface area (Å²) in [5, 5.41) is 0. The fourth-order valence-corrected chi connectivity index (χ4v) is 1.02. The number of hydrogen-bond acceptors (Lipinski definition) is 2. The highest BCUT2D eigenvalue weighted by atomic mass is 19.2. The third-order valence-electron chi connectivity index (χ3n) is 1.59. The van der Waals surface area contributed by atoms with Crippen LogP contribution in [0.1, 0.15) is 0 Å². The Labute approximate surface area is 76.0 Å². The van der Waals surface area contributed by atoms with Crippen LogP contribution in [0.5, 0.6) is 11.5 Å². The second-order valence-corrected chi connectivity index (χ2v) is 2.56. The molecule has 0 aliphatic carbocycles. The third kappa shape index (κ3) is 1.36. The maximum atomic E-state index is 12.8. The lowest BCUT2D eigenvalue weighted by molar-refractivity contribution is -0.122. The highest BCUT2D eigenvalue weighted by molar-refractivity contribution is 5.42. The van der Waals surface area contributed by atoms with Crippen LogP contribution in [0, 0.1) is 17.7 Å². The van der Waals surface area contributed by atoms with Crippen molar-refractivity contribution in [2.24, 2.45) is 0 Å². The summed E-state index contributed by atoms with van der Waals surface area (Å²) in [7, 11) is 0. The molecule has 1 aliphatic rings. The van der Waals surface area contributed by atoms with Gasteiger partial charge in [0.1, 0.15) is 5.82 Å². The van der Waals surface area contributed by atoms with Crippen LogP contribution in [-0.2, 0) is 0 Å². The first-order chi connectivity index (χ1) is 6.58. The molecule has 1 radical (unpaired) electrons. The van der Waals surface area contributed by atoms with Crippen molar-refractivity contribution in [1.82, 2.24) is 0 Å². The standard InChI is InChI=1S/C8H3F4O2/c9-3-1-4(10)6-5(2-3)13-7(11)8(12)14-6/h2,7-8H. The van der Waals surface area contributed by atoms with E-state index in [0.29, 0.717) is 6.07 Å². The minimum Gasteiger partial charge on any atom is -0.450 e. The summed E-state index contributed by atoms with van der Waals surface area (Å²) >= 11 is 0. The van der Waals surface area contributed by atoms with Crippen molar-refractivity contribution in [3.8, 4) is 11.5 Å². The van der Waals surface area contributed by atoms with Crippen molar-refractivity contribution >= 4 is 0 Å². The molecule has 2 atom stereocenters. The molecule has 2 nitrogen and oxygen atoms in total. The number of fused-ring (bicyclic) bond motifs is 1. The molecule has 0 saturated carbocycles. The molecule has 75 valence electrons. The Morgan fingerprint density at radius 3 is 2.50 bits per heavy atom. The summed E-state index contributed by atoms with van der Waals surface area (Å²) in [5.74, 6) is -3.52. The van der Waals surface area contributed by atoms with E-state index in [2.05, 4.69) is 9.47 Å². The van der Waals surface area contributed by atoms with Crippen LogP contribution in [0.4, 0.5) is 17.6 Å². The van der Waals surface area contributed by atoms with Gasteiger partial charge >= 0.3 is 12.7 Å². The average molecular weight is 207 g/mol. The van der Waals surface area contributed by atoms with Gasteiger partial charge in [-0.05, 0) is 0 Å². The largest absolute Gasteiger partial charge is 0.450 e. The Bertz CT molecular complexity index is 369. The summed E-state index contributed by atoms with van der Waals surface area (Å²) in [6.07, 6.45) is -4.81. The van der Waals surface area contributed by atoms with Gasteiger partial charge in [0.2, 0.25) is 5.75 Å². The Kier molecular flexibility index (Phi) is 1.98. The van der Waals surface area contributed by atoms with Crippen molar-refractivity contribution in [3.63, 3.8) is 0 Å². The van der Waals surface area contributed by atoms with Crippen molar-refractivity contribution in [3.05, 3.63) is 23.8 Å².